The quantitative estimate of drug-likeness (QED) is 0.196. The molecule has 0 N–H and O–H groups in total. The minimum atomic E-state index is -0.899. The van der Waals surface area contributed by atoms with Gasteiger partial charge in [-0.2, -0.15) is 0 Å². The number of esters is 1. The van der Waals surface area contributed by atoms with Crippen molar-refractivity contribution in [3.63, 3.8) is 0 Å². The molecule has 0 fully saturated rings. The van der Waals surface area contributed by atoms with Crippen LogP contribution in [0.15, 0.2) is 85.5 Å². The summed E-state index contributed by atoms with van der Waals surface area (Å²) in [5.74, 6) is 1.60. The Morgan fingerprint density at radius 1 is 0.784 bits per heavy atom. The van der Waals surface area contributed by atoms with Gasteiger partial charge in [-0.3, -0.25) is 4.79 Å². The maximum Gasteiger partial charge on any atom is 0.337 e. The molecule has 0 heterocycles. The Kier molecular flexibility index (Phi) is 8.90. The second-order valence-corrected chi connectivity index (χ2v) is 9.71. The van der Waals surface area contributed by atoms with Crippen LogP contribution < -0.4 is 9.47 Å². The molecule has 0 aliphatic rings. The molecule has 0 radical (unpaired) electrons. The maximum absolute atomic E-state index is 11.9. The molecule has 0 unspecified atom stereocenters. The molecule has 6 heteroatoms. The zero-order valence-electron chi connectivity index (χ0n) is 22.1. The Balaban J connectivity index is 1.54. The number of carbonyl (C=O) groups is 2. The van der Waals surface area contributed by atoms with Crippen molar-refractivity contribution in [2.24, 2.45) is 0 Å². The maximum atomic E-state index is 11.9. The lowest BCUT2D eigenvalue weighted by Gasteiger charge is -2.29. The van der Waals surface area contributed by atoms with E-state index in [0.717, 1.165) is 11.1 Å². The first-order valence-electron chi connectivity index (χ1n) is 12.1. The first-order valence-corrected chi connectivity index (χ1v) is 12.1. The van der Waals surface area contributed by atoms with Crippen LogP contribution in [-0.4, -0.2) is 36.7 Å². The zero-order valence-corrected chi connectivity index (χ0v) is 22.1. The van der Waals surface area contributed by atoms with E-state index in [1.165, 1.54) is 13.2 Å². The number of benzene rings is 3. The van der Waals surface area contributed by atoms with Crippen LogP contribution >= 0.6 is 0 Å². The van der Waals surface area contributed by atoms with Crippen molar-refractivity contribution in [3.05, 3.63) is 91.0 Å². The van der Waals surface area contributed by atoms with Gasteiger partial charge in [0.05, 0.1) is 19.3 Å². The largest absolute Gasteiger partial charge is 0.488 e. The summed E-state index contributed by atoms with van der Waals surface area (Å²) in [4.78, 5) is 23.5. The third-order valence-corrected chi connectivity index (χ3v) is 5.89. The Bertz CT molecular complexity index is 1210. The minimum Gasteiger partial charge on any atom is -0.488 e. The van der Waals surface area contributed by atoms with Crippen LogP contribution in [0.25, 0.3) is 11.1 Å². The Morgan fingerprint density at radius 2 is 1.27 bits per heavy atom. The molecular formula is C31H34O6. The van der Waals surface area contributed by atoms with E-state index in [0.29, 0.717) is 35.8 Å². The van der Waals surface area contributed by atoms with Gasteiger partial charge in [-0.1, -0.05) is 30.8 Å². The molecule has 0 atom stereocenters. The summed E-state index contributed by atoms with van der Waals surface area (Å²) in [5.41, 5.74) is 1.13. The monoisotopic (exact) mass is 502 g/mol. The third-order valence-electron chi connectivity index (χ3n) is 5.89. The first-order chi connectivity index (χ1) is 17.5. The highest BCUT2D eigenvalue weighted by Gasteiger charge is 2.28. The fraction of sp³-hybridized carbons (Fsp3) is 0.290. The molecule has 0 saturated heterocycles. The van der Waals surface area contributed by atoms with Crippen LogP contribution in [-0.2, 0) is 14.3 Å². The average Bonchev–Trinajstić information content (AvgIpc) is 2.89. The molecule has 0 spiro atoms. The fourth-order valence-electron chi connectivity index (χ4n) is 3.58. The number of rotatable bonds is 12. The highest BCUT2D eigenvalue weighted by Crippen LogP contribution is 2.29. The highest BCUT2D eigenvalue weighted by atomic mass is 16.5. The van der Waals surface area contributed by atoms with Gasteiger partial charge in [0.2, 0.25) is 0 Å². The summed E-state index contributed by atoms with van der Waals surface area (Å²) < 4.78 is 22.6. The van der Waals surface area contributed by atoms with Crippen LogP contribution in [0, 0.1) is 0 Å². The predicted octanol–water partition coefficient (Wildman–Crippen LogP) is 7.03. The molecule has 37 heavy (non-hydrogen) atoms. The molecule has 0 saturated carbocycles. The van der Waals surface area contributed by atoms with Gasteiger partial charge >= 0.3 is 5.97 Å². The summed E-state index contributed by atoms with van der Waals surface area (Å²) >= 11 is 0. The minimum absolute atomic E-state index is 0.147. The van der Waals surface area contributed by atoms with E-state index in [1.807, 2.05) is 74.5 Å². The van der Waals surface area contributed by atoms with Crippen molar-refractivity contribution >= 4 is 11.8 Å². The number of hydrogen-bond donors (Lipinski definition) is 0. The standard InChI is InChI=1S/C31H34O6/c1-7-28(32)31(4,5)35-21-20-30(2,3)37-27-18-16-26(17-19-27)36-25-14-12-23(13-15-25)22-8-10-24(11-9-22)29(33)34-6/h7-19H,1,20-21H2,2-6H3. The van der Waals surface area contributed by atoms with Crippen LogP contribution in [0.5, 0.6) is 17.2 Å². The molecular weight excluding hydrogens is 468 g/mol. The lowest BCUT2D eigenvalue weighted by molar-refractivity contribution is -0.136. The summed E-state index contributed by atoms with van der Waals surface area (Å²) in [6, 6.07) is 22.4. The van der Waals surface area contributed by atoms with Crippen LogP contribution in [0.3, 0.4) is 0 Å². The van der Waals surface area contributed by atoms with E-state index in [1.54, 1.807) is 26.0 Å². The van der Waals surface area contributed by atoms with E-state index in [2.05, 4.69) is 6.58 Å². The van der Waals surface area contributed by atoms with Crippen molar-refractivity contribution in [3.8, 4) is 28.4 Å². The first kappa shape index (κ1) is 27.7. The Morgan fingerprint density at radius 3 is 1.78 bits per heavy atom. The van der Waals surface area contributed by atoms with Crippen LogP contribution in [0.2, 0.25) is 0 Å². The van der Waals surface area contributed by atoms with Gasteiger partial charge in [0.1, 0.15) is 28.5 Å². The Hall–Kier alpha value is -3.90. The Labute approximate surface area is 218 Å². The molecule has 0 aliphatic carbocycles. The van der Waals surface area contributed by atoms with Crippen molar-refractivity contribution < 1.29 is 28.5 Å². The van der Waals surface area contributed by atoms with E-state index in [-0.39, 0.29) is 11.8 Å². The molecule has 3 aromatic carbocycles. The summed E-state index contributed by atoms with van der Waals surface area (Å²) in [6.07, 6.45) is 1.89. The van der Waals surface area contributed by atoms with Gasteiger partial charge in [0.25, 0.3) is 0 Å². The lowest BCUT2D eigenvalue weighted by Crippen LogP contribution is -2.37. The number of ketones is 1. The summed E-state index contributed by atoms with van der Waals surface area (Å²) in [6.45, 7) is 11.3. The van der Waals surface area contributed by atoms with Crippen LogP contribution in [0.4, 0.5) is 0 Å². The molecule has 0 amide bonds. The molecule has 0 bridgehead atoms. The van der Waals surface area contributed by atoms with Gasteiger partial charge in [-0.25, -0.2) is 4.79 Å². The van der Waals surface area contributed by atoms with Crippen molar-refractivity contribution in [1.29, 1.82) is 0 Å². The van der Waals surface area contributed by atoms with Crippen molar-refractivity contribution in [2.75, 3.05) is 13.7 Å². The number of ether oxygens (including phenoxy) is 4. The van der Waals surface area contributed by atoms with Gasteiger partial charge in [0, 0.05) is 6.42 Å². The molecule has 6 nitrogen and oxygen atoms in total. The second kappa shape index (κ2) is 11.9. The van der Waals surface area contributed by atoms with E-state index >= 15 is 0 Å². The zero-order chi connectivity index (χ0) is 27.1. The van der Waals surface area contributed by atoms with Crippen LogP contribution in [0.1, 0.15) is 44.5 Å². The SMILES string of the molecule is C=CC(=O)C(C)(C)OCCC(C)(C)Oc1ccc(Oc2ccc(-c3ccc(C(=O)OC)cc3)cc2)cc1. The summed E-state index contributed by atoms with van der Waals surface area (Å²) in [5, 5.41) is 0. The van der Waals surface area contributed by atoms with Gasteiger partial charge in [0.15, 0.2) is 5.78 Å². The molecule has 3 aromatic rings. The molecule has 194 valence electrons. The third kappa shape index (κ3) is 7.79. The highest BCUT2D eigenvalue weighted by molar-refractivity contribution is 5.95. The smallest absolute Gasteiger partial charge is 0.337 e. The van der Waals surface area contributed by atoms with Crippen molar-refractivity contribution in [1.82, 2.24) is 0 Å². The molecule has 0 aliphatic heterocycles. The lowest BCUT2D eigenvalue weighted by atomic mass is 10.0. The van der Waals surface area contributed by atoms with E-state index in [4.69, 9.17) is 18.9 Å². The second-order valence-electron chi connectivity index (χ2n) is 9.71. The number of carbonyl (C=O) groups excluding carboxylic acids is 2. The number of hydrogen-bond acceptors (Lipinski definition) is 6. The fourth-order valence-corrected chi connectivity index (χ4v) is 3.58. The van der Waals surface area contributed by atoms with Gasteiger partial charge in [-0.05, 0) is 93.4 Å². The number of methoxy groups -OCH3 is 1. The summed E-state index contributed by atoms with van der Waals surface area (Å²) in [7, 11) is 1.37. The topological polar surface area (TPSA) is 71.1 Å². The molecule has 3 rings (SSSR count). The van der Waals surface area contributed by atoms with E-state index < -0.39 is 11.2 Å². The van der Waals surface area contributed by atoms with Crippen molar-refractivity contribution in [2.45, 2.75) is 45.3 Å². The normalized spacial score (nSPS) is 11.5. The van der Waals surface area contributed by atoms with Gasteiger partial charge in [-0.15, -0.1) is 0 Å². The van der Waals surface area contributed by atoms with Gasteiger partial charge < -0.3 is 18.9 Å². The van der Waals surface area contributed by atoms with E-state index in [9.17, 15) is 9.59 Å². The predicted molar refractivity (Wildman–Crippen MR) is 144 cm³/mol. The molecule has 0 aromatic heterocycles. The average molecular weight is 503 g/mol.